The van der Waals surface area contributed by atoms with Crippen LogP contribution < -0.4 is 5.32 Å². The highest BCUT2D eigenvalue weighted by Crippen LogP contribution is 2.33. The van der Waals surface area contributed by atoms with Crippen molar-refractivity contribution >= 4 is 29.3 Å². The van der Waals surface area contributed by atoms with Gasteiger partial charge in [0, 0.05) is 15.5 Å². The summed E-state index contributed by atoms with van der Waals surface area (Å²) in [6, 6.07) is 23.2. The third-order valence-corrected chi connectivity index (χ3v) is 5.14. The average molecular weight is 402 g/mol. The first kappa shape index (κ1) is 20.2. The van der Waals surface area contributed by atoms with Crippen LogP contribution in [-0.2, 0) is 4.74 Å². The van der Waals surface area contributed by atoms with Gasteiger partial charge in [0.2, 0.25) is 0 Å². The Bertz CT molecular complexity index is 1090. The normalized spacial score (nSPS) is 10.1. The summed E-state index contributed by atoms with van der Waals surface area (Å²) in [4.78, 5) is 26.3. The molecule has 0 aliphatic heterocycles. The number of rotatable bonds is 6. The molecule has 3 aromatic rings. The van der Waals surface area contributed by atoms with E-state index in [4.69, 9.17) is 4.74 Å². The minimum absolute atomic E-state index is 0.282. The van der Waals surface area contributed by atoms with Crippen LogP contribution >= 0.6 is 11.8 Å². The standard InChI is InChI=1S/C23H18N2O3S/c1-2-28-23(27)16-9-7-10-18(14-16)25-22(26)19-11-4-6-13-21(19)29-20-12-5-3-8-17(20)15-24/h3-14H,2H2,1H3,(H,25,26). The molecule has 0 heterocycles. The van der Waals surface area contributed by atoms with Crippen LogP contribution in [-0.4, -0.2) is 18.5 Å². The van der Waals surface area contributed by atoms with Crippen LogP contribution in [0.5, 0.6) is 0 Å². The van der Waals surface area contributed by atoms with Gasteiger partial charge in [-0.05, 0) is 49.4 Å². The number of hydrogen-bond acceptors (Lipinski definition) is 5. The number of esters is 1. The highest BCUT2D eigenvalue weighted by atomic mass is 32.2. The first-order chi connectivity index (χ1) is 14.1. The molecule has 0 aliphatic carbocycles. The molecule has 3 rings (SSSR count). The van der Waals surface area contributed by atoms with E-state index in [0.29, 0.717) is 22.4 Å². The number of carbonyl (C=O) groups excluding carboxylic acids is 2. The molecule has 0 saturated carbocycles. The summed E-state index contributed by atoms with van der Waals surface area (Å²) >= 11 is 1.36. The quantitative estimate of drug-likeness (QED) is 0.578. The number of nitrogens with zero attached hydrogens (tertiary/aromatic N) is 1. The number of hydrogen-bond donors (Lipinski definition) is 1. The largest absolute Gasteiger partial charge is 0.462 e. The minimum Gasteiger partial charge on any atom is -0.462 e. The molecule has 1 amide bonds. The molecule has 0 spiro atoms. The van der Waals surface area contributed by atoms with Crippen LogP contribution in [0, 0.1) is 11.3 Å². The smallest absolute Gasteiger partial charge is 0.338 e. The molecule has 0 aliphatic rings. The second-order valence-electron chi connectivity index (χ2n) is 5.96. The number of nitrogens with one attached hydrogen (secondary N) is 1. The number of anilines is 1. The Kier molecular flexibility index (Phi) is 6.67. The van der Waals surface area contributed by atoms with E-state index in [0.717, 1.165) is 9.79 Å². The summed E-state index contributed by atoms with van der Waals surface area (Å²) < 4.78 is 5.00. The second-order valence-corrected chi connectivity index (χ2v) is 7.05. The Morgan fingerprint density at radius 2 is 1.72 bits per heavy atom. The molecule has 0 saturated heterocycles. The van der Waals surface area contributed by atoms with Gasteiger partial charge in [-0.1, -0.05) is 42.1 Å². The predicted octanol–water partition coefficient (Wildman–Crippen LogP) is 5.14. The molecule has 6 heteroatoms. The average Bonchev–Trinajstić information content (AvgIpc) is 2.75. The zero-order valence-electron chi connectivity index (χ0n) is 15.7. The molecule has 3 aromatic carbocycles. The molecule has 29 heavy (non-hydrogen) atoms. The van der Waals surface area contributed by atoms with E-state index >= 15 is 0 Å². The predicted molar refractivity (Wildman–Crippen MR) is 112 cm³/mol. The number of nitriles is 1. The zero-order chi connectivity index (χ0) is 20.6. The maximum absolute atomic E-state index is 12.9. The molecule has 0 aromatic heterocycles. The van der Waals surface area contributed by atoms with Gasteiger partial charge in [0.1, 0.15) is 6.07 Å². The third-order valence-electron chi connectivity index (χ3n) is 3.99. The zero-order valence-corrected chi connectivity index (χ0v) is 16.5. The van der Waals surface area contributed by atoms with E-state index in [1.165, 1.54) is 11.8 Å². The van der Waals surface area contributed by atoms with E-state index < -0.39 is 5.97 Å². The van der Waals surface area contributed by atoms with Crippen molar-refractivity contribution < 1.29 is 14.3 Å². The SMILES string of the molecule is CCOC(=O)c1cccc(NC(=O)c2ccccc2Sc2ccccc2C#N)c1. The van der Waals surface area contributed by atoms with Gasteiger partial charge in [0.15, 0.2) is 0 Å². The summed E-state index contributed by atoms with van der Waals surface area (Å²) in [5.74, 6) is -0.740. The van der Waals surface area contributed by atoms with E-state index in [2.05, 4.69) is 11.4 Å². The molecule has 0 atom stereocenters. The van der Waals surface area contributed by atoms with Crippen LogP contribution in [0.15, 0.2) is 82.6 Å². The fourth-order valence-electron chi connectivity index (χ4n) is 2.65. The molecule has 144 valence electrons. The van der Waals surface area contributed by atoms with Gasteiger partial charge in [-0.3, -0.25) is 4.79 Å². The lowest BCUT2D eigenvalue weighted by molar-refractivity contribution is 0.0526. The van der Waals surface area contributed by atoms with Crippen molar-refractivity contribution in [1.29, 1.82) is 5.26 Å². The molecular formula is C23H18N2O3S. The van der Waals surface area contributed by atoms with Crippen molar-refractivity contribution in [2.24, 2.45) is 0 Å². The summed E-state index contributed by atoms with van der Waals surface area (Å²) in [5, 5.41) is 12.1. The third kappa shape index (κ3) is 5.03. The van der Waals surface area contributed by atoms with E-state index in [9.17, 15) is 14.9 Å². The molecule has 0 fully saturated rings. The monoisotopic (exact) mass is 402 g/mol. The Morgan fingerprint density at radius 1 is 1.00 bits per heavy atom. The van der Waals surface area contributed by atoms with E-state index in [1.54, 1.807) is 55.5 Å². The maximum Gasteiger partial charge on any atom is 0.338 e. The van der Waals surface area contributed by atoms with Gasteiger partial charge in [-0.15, -0.1) is 0 Å². The fraction of sp³-hybridized carbons (Fsp3) is 0.0870. The summed E-state index contributed by atoms with van der Waals surface area (Å²) in [6.07, 6.45) is 0. The number of amides is 1. The van der Waals surface area contributed by atoms with Gasteiger partial charge in [0.05, 0.1) is 23.3 Å². The van der Waals surface area contributed by atoms with Gasteiger partial charge >= 0.3 is 5.97 Å². The molecular weight excluding hydrogens is 384 g/mol. The summed E-state index contributed by atoms with van der Waals surface area (Å²) in [6.45, 7) is 2.02. The Morgan fingerprint density at radius 3 is 2.48 bits per heavy atom. The van der Waals surface area contributed by atoms with Crippen LogP contribution in [0.2, 0.25) is 0 Å². The number of carbonyl (C=O) groups is 2. The van der Waals surface area contributed by atoms with E-state index in [1.807, 2.05) is 24.3 Å². The Hall–Kier alpha value is -3.56. The number of ether oxygens (including phenoxy) is 1. The van der Waals surface area contributed by atoms with Crippen LogP contribution in [0.1, 0.15) is 33.2 Å². The first-order valence-electron chi connectivity index (χ1n) is 8.97. The molecule has 0 radical (unpaired) electrons. The van der Waals surface area contributed by atoms with Crippen molar-refractivity contribution in [2.45, 2.75) is 16.7 Å². The first-order valence-corrected chi connectivity index (χ1v) is 9.78. The second kappa shape index (κ2) is 9.58. The van der Waals surface area contributed by atoms with Gasteiger partial charge in [0.25, 0.3) is 5.91 Å². The van der Waals surface area contributed by atoms with E-state index in [-0.39, 0.29) is 12.5 Å². The molecule has 0 unspecified atom stereocenters. The molecule has 1 N–H and O–H groups in total. The van der Waals surface area contributed by atoms with Crippen LogP contribution in [0.25, 0.3) is 0 Å². The molecule has 0 bridgehead atoms. The van der Waals surface area contributed by atoms with Crippen molar-refractivity contribution in [2.75, 3.05) is 11.9 Å². The Balaban J connectivity index is 1.83. The van der Waals surface area contributed by atoms with Gasteiger partial charge in [-0.2, -0.15) is 5.26 Å². The van der Waals surface area contributed by atoms with Gasteiger partial charge in [-0.25, -0.2) is 4.79 Å². The fourth-order valence-corrected chi connectivity index (χ4v) is 3.67. The summed E-state index contributed by atoms with van der Waals surface area (Å²) in [7, 11) is 0. The molecule has 5 nitrogen and oxygen atoms in total. The van der Waals surface area contributed by atoms with Crippen molar-refractivity contribution in [3.8, 4) is 6.07 Å². The lowest BCUT2D eigenvalue weighted by Gasteiger charge is -2.11. The summed E-state index contributed by atoms with van der Waals surface area (Å²) in [5.41, 5.74) is 1.90. The minimum atomic E-state index is -0.437. The van der Waals surface area contributed by atoms with Crippen molar-refractivity contribution in [1.82, 2.24) is 0 Å². The van der Waals surface area contributed by atoms with Crippen LogP contribution in [0.4, 0.5) is 5.69 Å². The van der Waals surface area contributed by atoms with Crippen molar-refractivity contribution in [3.05, 3.63) is 89.5 Å². The van der Waals surface area contributed by atoms with Crippen molar-refractivity contribution in [3.63, 3.8) is 0 Å². The van der Waals surface area contributed by atoms with Crippen LogP contribution in [0.3, 0.4) is 0 Å². The number of benzene rings is 3. The highest BCUT2D eigenvalue weighted by molar-refractivity contribution is 7.99. The van der Waals surface area contributed by atoms with Gasteiger partial charge < -0.3 is 10.1 Å². The lowest BCUT2D eigenvalue weighted by Crippen LogP contribution is -2.13. The Labute approximate surface area is 173 Å². The topological polar surface area (TPSA) is 79.2 Å². The maximum atomic E-state index is 12.9. The highest BCUT2D eigenvalue weighted by Gasteiger charge is 2.15. The lowest BCUT2D eigenvalue weighted by atomic mass is 10.1.